The van der Waals surface area contributed by atoms with Crippen LogP contribution in [0.3, 0.4) is 0 Å². The molecule has 1 aliphatic rings. The highest BCUT2D eigenvalue weighted by atomic mass is 32.1. The summed E-state index contributed by atoms with van der Waals surface area (Å²) in [7, 11) is 0. The lowest BCUT2D eigenvalue weighted by molar-refractivity contribution is 0.0904. The van der Waals surface area contributed by atoms with Crippen LogP contribution in [0.4, 0.5) is 0 Å². The maximum atomic E-state index is 5.92. The average Bonchev–Trinajstić information content (AvgIpc) is 3.01. The Kier molecular flexibility index (Phi) is 2.22. The van der Waals surface area contributed by atoms with Gasteiger partial charge in [0.1, 0.15) is 6.61 Å². The van der Waals surface area contributed by atoms with Crippen molar-refractivity contribution in [2.75, 3.05) is 6.61 Å². The maximum Gasteiger partial charge on any atom is 0.234 e. The van der Waals surface area contributed by atoms with Crippen LogP contribution >= 0.6 is 11.3 Å². The number of hydrogen-bond acceptors (Lipinski definition) is 6. The van der Waals surface area contributed by atoms with Gasteiger partial charge < -0.3 is 9.47 Å². The summed E-state index contributed by atoms with van der Waals surface area (Å²) in [4.78, 5) is 0.773. The van der Waals surface area contributed by atoms with Gasteiger partial charge in [0.05, 0.1) is 0 Å². The summed E-state index contributed by atoms with van der Waals surface area (Å²) in [5, 5.41) is 13.3. The van der Waals surface area contributed by atoms with E-state index in [-0.39, 0.29) is 6.10 Å². The smallest absolute Gasteiger partial charge is 0.234 e. The zero-order valence-corrected chi connectivity index (χ0v) is 10.9. The van der Waals surface area contributed by atoms with Crippen LogP contribution in [0.2, 0.25) is 0 Å². The predicted octanol–water partition coefficient (Wildman–Crippen LogP) is 2.01. The maximum absolute atomic E-state index is 5.92. The third kappa shape index (κ3) is 1.66. The molecule has 0 bridgehead atoms. The third-order valence-corrected chi connectivity index (χ3v) is 3.94. The van der Waals surface area contributed by atoms with E-state index in [0.717, 1.165) is 27.3 Å². The van der Waals surface area contributed by atoms with Crippen molar-refractivity contribution >= 4 is 16.3 Å². The minimum atomic E-state index is -0.194. The molecule has 19 heavy (non-hydrogen) atoms. The Hall–Kier alpha value is -2.15. The van der Waals surface area contributed by atoms with Gasteiger partial charge in [0.25, 0.3) is 0 Å². The molecule has 3 heterocycles. The van der Waals surface area contributed by atoms with Crippen LogP contribution in [0.15, 0.2) is 24.3 Å². The molecule has 0 N–H and O–H groups in total. The fourth-order valence-corrected chi connectivity index (χ4v) is 2.90. The van der Waals surface area contributed by atoms with Crippen LogP contribution in [0, 0.1) is 6.92 Å². The molecule has 0 saturated carbocycles. The van der Waals surface area contributed by atoms with Crippen LogP contribution < -0.4 is 9.47 Å². The van der Waals surface area contributed by atoms with Gasteiger partial charge in [-0.25, -0.2) is 0 Å². The molecule has 4 rings (SSSR count). The molecule has 1 aliphatic heterocycles. The van der Waals surface area contributed by atoms with Crippen LogP contribution in [0.1, 0.15) is 16.9 Å². The second-order valence-electron chi connectivity index (χ2n) is 4.25. The van der Waals surface area contributed by atoms with Crippen molar-refractivity contribution in [3.63, 3.8) is 0 Å². The van der Waals surface area contributed by atoms with E-state index in [1.54, 1.807) is 4.52 Å². The van der Waals surface area contributed by atoms with Gasteiger partial charge in [0.2, 0.25) is 4.96 Å². The molecule has 96 valence electrons. The predicted molar refractivity (Wildman–Crippen MR) is 68.7 cm³/mol. The molecule has 0 amide bonds. The van der Waals surface area contributed by atoms with Crippen molar-refractivity contribution in [3.8, 4) is 11.5 Å². The SMILES string of the molecule is Cc1nnc2sc([C@@H]3COc4ccccc4O3)nn12. The minimum Gasteiger partial charge on any atom is -0.485 e. The number of rotatable bonds is 1. The molecule has 0 radical (unpaired) electrons. The van der Waals surface area contributed by atoms with E-state index in [1.165, 1.54) is 11.3 Å². The normalized spacial score (nSPS) is 17.8. The second kappa shape index (κ2) is 3.92. The number of hydrogen-bond donors (Lipinski definition) is 0. The van der Waals surface area contributed by atoms with Crippen molar-refractivity contribution in [1.82, 2.24) is 19.8 Å². The first-order valence-corrected chi connectivity index (χ1v) is 6.70. The number of benzene rings is 1. The van der Waals surface area contributed by atoms with Gasteiger partial charge in [-0.15, -0.1) is 10.2 Å². The Morgan fingerprint density at radius 3 is 2.95 bits per heavy atom. The van der Waals surface area contributed by atoms with E-state index in [9.17, 15) is 0 Å². The number of aromatic nitrogens is 4. The largest absolute Gasteiger partial charge is 0.485 e. The molecule has 0 aliphatic carbocycles. The Balaban J connectivity index is 1.70. The number of fused-ring (bicyclic) bond motifs is 2. The molecule has 1 aromatic carbocycles. The summed E-state index contributed by atoms with van der Waals surface area (Å²) < 4.78 is 13.3. The van der Waals surface area contributed by atoms with Gasteiger partial charge in [-0.3, -0.25) is 0 Å². The molecule has 2 aromatic heterocycles. The zero-order chi connectivity index (χ0) is 12.8. The standard InChI is InChI=1S/C12H10N4O2S/c1-7-13-14-12-16(7)15-11(19-12)10-6-17-8-4-2-3-5-9(8)18-10/h2-5,10H,6H2,1H3/t10-/m0/s1. The summed E-state index contributed by atoms with van der Waals surface area (Å²) in [5.74, 6) is 2.30. The quantitative estimate of drug-likeness (QED) is 0.679. The topological polar surface area (TPSA) is 61.5 Å². The molecular formula is C12H10N4O2S. The molecular weight excluding hydrogens is 264 g/mol. The Bertz CT molecular complexity index is 751. The highest BCUT2D eigenvalue weighted by Crippen LogP contribution is 2.36. The molecule has 0 unspecified atom stereocenters. The lowest BCUT2D eigenvalue weighted by Gasteiger charge is -2.24. The van der Waals surface area contributed by atoms with Crippen molar-refractivity contribution in [2.24, 2.45) is 0 Å². The van der Waals surface area contributed by atoms with Crippen LogP contribution in [-0.4, -0.2) is 26.4 Å². The third-order valence-electron chi connectivity index (χ3n) is 2.95. The van der Waals surface area contributed by atoms with Crippen molar-refractivity contribution in [3.05, 3.63) is 35.1 Å². The fraction of sp³-hybridized carbons (Fsp3) is 0.250. The highest BCUT2D eigenvalue weighted by Gasteiger charge is 2.26. The Labute approximate surface area is 112 Å². The molecule has 0 saturated heterocycles. The Morgan fingerprint density at radius 2 is 2.11 bits per heavy atom. The van der Waals surface area contributed by atoms with E-state index in [4.69, 9.17) is 9.47 Å². The van der Waals surface area contributed by atoms with Gasteiger partial charge in [-0.2, -0.15) is 9.61 Å². The lowest BCUT2D eigenvalue weighted by atomic mass is 10.3. The van der Waals surface area contributed by atoms with E-state index in [1.807, 2.05) is 31.2 Å². The number of ether oxygens (including phenoxy) is 2. The monoisotopic (exact) mass is 274 g/mol. The zero-order valence-electron chi connectivity index (χ0n) is 10.1. The molecule has 1 atom stereocenters. The summed E-state index contributed by atoms with van der Waals surface area (Å²) >= 11 is 1.47. The molecule has 0 spiro atoms. The average molecular weight is 274 g/mol. The first-order chi connectivity index (χ1) is 9.31. The molecule has 7 heteroatoms. The minimum absolute atomic E-state index is 0.194. The van der Waals surface area contributed by atoms with E-state index in [0.29, 0.717) is 6.61 Å². The van der Waals surface area contributed by atoms with E-state index in [2.05, 4.69) is 15.3 Å². The van der Waals surface area contributed by atoms with Gasteiger partial charge in [-0.1, -0.05) is 23.5 Å². The van der Waals surface area contributed by atoms with Crippen LogP contribution in [-0.2, 0) is 0 Å². The molecule has 0 fully saturated rings. The van der Waals surface area contributed by atoms with Gasteiger partial charge in [-0.05, 0) is 19.1 Å². The van der Waals surface area contributed by atoms with Crippen molar-refractivity contribution < 1.29 is 9.47 Å². The molecule has 3 aromatic rings. The van der Waals surface area contributed by atoms with E-state index < -0.39 is 0 Å². The van der Waals surface area contributed by atoms with Crippen molar-refractivity contribution in [2.45, 2.75) is 13.0 Å². The van der Waals surface area contributed by atoms with Gasteiger partial charge in [0, 0.05) is 0 Å². The van der Waals surface area contributed by atoms with Crippen LogP contribution in [0.25, 0.3) is 4.96 Å². The van der Waals surface area contributed by atoms with E-state index >= 15 is 0 Å². The summed E-state index contributed by atoms with van der Waals surface area (Å²) in [6.45, 7) is 2.33. The number of nitrogens with zero attached hydrogens (tertiary/aromatic N) is 4. The first-order valence-electron chi connectivity index (χ1n) is 5.88. The summed E-state index contributed by atoms with van der Waals surface area (Å²) in [6, 6.07) is 7.64. The van der Waals surface area contributed by atoms with Crippen molar-refractivity contribution in [1.29, 1.82) is 0 Å². The number of aryl methyl sites for hydroxylation is 1. The van der Waals surface area contributed by atoms with Crippen LogP contribution in [0.5, 0.6) is 11.5 Å². The van der Waals surface area contributed by atoms with Gasteiger partial charge >= 0.3 is 0 Å². The summed E-state index contributed by atoms with van der Waals surface area (Å²) in [5.41, 5.74) is 0. The summed E-state index contributed by atoms with van der Waals surface area (Å²) in [6.07, 6.45) is -0.194. The fourth-order valence-electron chi connectivity index (χ4n) is 2.00. The Morgan fingerprint density at radius 1 is 1.26 bits per heavy atom. The number of para-hydroxylation sites is 2. The molecule has 6 nitrogen and oxygen atoms in total. The lowest BCUT2D eigenvalue weighted by Crippen LogP contribution is -2.21. The second-order valence-corrected chi connectivity index (χ2v) is 5.23. The first kappa shape index (κ1) is 10.7. The highest BCUT2D eigenvalue weighted by molar-refractivity contribution is 7.16. The van der Waals surface area contributed by atoms with Gasteiger partial charge in [0.15, 0.2) is 28.4 Å².